The molecule has 0 spiro atoms. The van der Waals surface area contributed by atoms with E-state index in [-0.39, 0.29) is 0 Å². The van der Waals surface area contributed by atoms with Gasteiger partial charge in [-0.3, -0.25) is 8.37 Å². The van der Waals surface area contributed by atoms with E-state index in [0.717, 1.165) is 20.9 Å². The van der Waals surface area contributed by atoms with E-state index in [1.807, 2.05) is 0 Å². The Morgan fingerprint density at radius 2 is 1.82 bits per heavy atom. The monoisotopic (exact) mass is 266 g/mol. The highest BCUT2D eigenvalue weighted by molar-refractivity contribution is 7.81. The smallest absolute Gasteiger partial charge is 0.362 e. The van der Waals surface area contributed by atoms with E-state index < -0.39 is 10.4 Å². The second-order valence-electron chi connectivity index (χ2n) is 3.60. The molecule has 1 rings (SSSR count). The third-order valence-electron chi connectivity index (χ3n) is 2.14. The molecule has 0 atom stereocenters. The molecule has 0 saturated carbocycles. The summed E-state index contributed by atoms with van der Waals surface area (Å²) in [4.78, 5) is 4.53. The second kappa shape index (κ2) is 8.32. The van der Waals surface area contributed by atoms with E-state index in [1.54, 1.807) is 0 Å². The van der Waals surface area contributed by atoms with Crippen LogP contribution < -0.4 is 0 Å². The van der Waals surface area contributed by atoms with Gasteiger partial charge in [0.2, 0.25) is 0 Å². The lowest BCUT2D eigenvalue weighted by molar-refractivity contribution is 0.286. The van der Waals surface area contributed by atoms with E-state index in [0.29, 0.717) is 0 Å². The van der Waals surface area contributed by atoms with Crippen molar-refractivity contribution in [2.45, 2.75) is 19.8 Å². The van der Waals surface area contributed by atoms with Crippen molar-refractivity contribution in [3.8, 4) is 0 Å². The van der Waals surface area contributed by atoms with Crippen LogP contribution in [-0.4, -0.2) is 52.7 Å². The standard InChI is InChI=1S/C8H16N2.C2H6O4S/c1-3-4-5-10-7-6-9(2)8-10;1-5-7(3,4)6-2/h6-7H,3-5,8H2,1-2H3;1-2H3. The summed E-state index contributed by atoms with van der Waals surface area (Å²) in [5, 5.41) is 0. The summed E-state index contributed by atoms with van der Waals surface area (Å²) in [5.74, 6) is 0. The van der Waals surface area contributed by atoms with E-state index in [1.165, 1.54) is 19.4 Å². The molecule has 17 heavy (non-hydrogen) atoms. The van der Waals surface area contributed by atoms with Crippen LogP contribution in [0.5, 0.6) is 0 Å². The average Bonchev–Trinajstić information content (AvgIpc) is 2.73. The van der Waals surface area contributed by atoms with Crippen molar-refractivity contribution in [1.82, 2.24) is 9.80 Å². The molecule has 1 heterocycles. The fourth-order valence-corrected chi connectivity index (χ4v) is 1.30. The number of rotatable bonds is 5. The average molecular weight is 266 g/mol. The van der Waals surface area contributed by atoms with E-state index in [4.69, 9.17) is 0 Å². The zero-order chi connectivity index (χ0) is 13.3. The Morgan fingerprint density at radius 1 is 1.24 bits per heavy atom. The first kappa shape index (κ1) is 16.2. The third kappa shape index (κ3) is 8.00. The molecule has 0 aromatic rings. The Morgan fingerprint density at radius 3 is 2.12 bits per heavy atom. The largest absolute Gasteiger partial charge is 0.399 e. The predicted octanol–water partition coefficient (Wildman–Crippen LogP) is 0.987. The topological polar surface area (TPSA) is 59.1 Å². The maximum absolute atomic E-state index is 9.92. The molecule has 1 aliphatic rings. The van der Waals surface area contributed by atoms with Gasteiger partial charge in [0.05, 0.1) is 20.9 Å². The fraction of sp³-hybridized carbons (Fsp3) is 0.800. The first-order chi connectivity index (χ1) is 7.95. The minimum atomic E-state index is -3.66. The maximum atomic E-state index is 9.92. The molecule has 0 saturated heterocycles. The molecule has 0 amide bonds. The summed E-state index contributed by atoms with van der Waals surface area (Å²) < 4.78 is 27.5. The Hall–Kier alpha value is -0.790. The van der Waals surface area contributed by atoms with Crippen LogP contribution in [0.3, 0.4) is 0 Å². The summed E-state index contributed by atoms with van der Waals surface area (Å²) in [7, 11) is 0.495. The van der Waals surface area contributed by atoms with Gasteiger partial charge < -0.3 is 9.80 Å². The molecule has 0 radical (unpaired) electrons. The lowest BCUT2D eigenvalue weighted by Crippen LogP contribution is -2.23. The number of unbranched alkanes of at least 4 members (excludes halogenated alkanes) is 1. The van der Waals surface area contributed by atoms with Crippen LogP contribution in [0.1, 0.15) is 19.8 Å². The van der Waals surface area contributed by atoms with Gasteiger partial charge >= 0.3 is 10.4 Å². The predicted molar refractivity (Wildman–Crippen MR) is 66.3 cm³/mol. The Kier molecular flexibility index (Phi) is 7.94. The van der Waals surface area contributed by atoms with Crippen LogP contribution in [0.2, 0.25) is 0 Å². The Balaban J connectivity index is 0.000000325. The molecule has 0 aromatic carbocycles. The molecule has 6 nitrogen and oxygen atoms in total. The molecule has 0 aliphatic carbocycles. The van der Waals surface area contributed by atoms with Crippen molar-refractivity contribution >= 4 is 10.4 Å². The number of hydrogen-bond donors (Lipinski definition) is 0. The van der Waals surface area contributed by atoms with Gasteiger partial charge in [-0.15, -0.1) is 0 Å². The summed E-state index contributed by atoms with van der Waals surface area (Å²) in [6.07, 6.45) is 6.87. The highest BCUT2D eigenvalue weighted by Gasteiger charge is 2.05. The molecular weight excluding hydrogens is 244 g/mol. The van der Waals surface area contributed by atoms with Crippen molar-refractivity contribution in [3.05, 3.63) is 12.4 Å². The van der Waals surface area contributed by atoms with Crippen molar-refractivity contribution < 1.29 is 16.8 Å². The van der Waals surface area contributed by atoms with E-state index >= 15 is 0 Å². The molecule has 0 aromatic heterocycles. The molecule has 0 bridgehead atoms. The van der Waals surface area contributed by atoms with Crippen LogP contribution in [0.4, 0.5) is 0 Å². The van der Waals surface area contributed by atoms with Crippen molar-refractivity contribution in [3.63, 3.8) is 0 Å². The molecule has 1 aliphatic heterocycles. The van der Waals surface area contributed by atoms with Crippen LogP contribution in [0.15, 0.2) is 12.4 Å². The Labute approximate surface area is 104 Å². The van der Waals surface area contributed by atoms with Gasteiger partial charge in [0.25, 0.3) is 0 Å². The lowest BCUT2D eigenvalue weighted by atomic mass is 10.3. The van der Waals surface area contributed by atoms with Gasteiger partial charge in [-0.2, -0.15) is 8.42 Å². The van der Waals surface area contributed by atoms with Gasteiger partial charge in [0, 0.05) is 26.0 Å². The van der Waals surface area contributed by atoms with Crippen LogP contribution in [0.25, 0.3) is 0 Å². The summed E-state index contributed by atoms with van der Waals surface area (Å²) >= 11 is 0. The van der Waals surface area contributed by atoms with E-state index in [2.05, 4.69) is 44.5 Å². The molecule has 7 heteroatoms. The van der Waals surface area contributed by atoms with Crippen LogP contribution >= 0.6 is 0 Å². The molecule has 0 N–H and O–H groups in total. The number of hydrogen-bond acceptors (Lipinski definition) is 6. The summed E-state index contributed by atoms with van der Waals surface area (Å²) in [5.41, 5.74) is 0. The second-order valence-corrected chi connectivity index (χ2v) is 5.09. The highest BCUT2D eigenvalue weighted by Crippen LogP contribution is 2.04. The molecular formula is C10H22N2O4S. The summed E-state index contributed by atoms with van der Waals surface area (Å²) in [6.45, 7) is 4.50. The minimum Gasteiger partial charge on any atom is -0.362 e. The van der Waals surface area contributed by atoms with E-state index in [9.17, 15) is 8.42 Å². The zero-order valence-electron chi connectivity index (χ0n) is 10.9. The highest BCUT2D eigenvalue weighted by atomic mass is 32.3. The molecule has 102 valence electrons. The SMILES string of the molecule is CCCCN1C=CN(C)C1.COS(=O)(=O)OC. The van der Waals surface area contributed by atoms with Gasteiger partial charge in [-0.05, 0) is 6.42 Å². The summed E-state index contributed by atoms with van der Waals surface area (Å²) in [6, 6.07) is 0. The van der Waals surface area contributed by atoms with Crippen molar-refractivity contribution in [2.75, 3.05) is 34.5 Å². The van der Waals surface area contributed by atoms with Crippen LogP contribution in [-0.2, 0) is 18.8 Å². The quantitative estimate of drug-likeness (QED) is 0.739. The van der Waals surface area contributed by atoms with Gasteiger partial charge in [-0.1, -0.05) is 13.3 Å². The third-order valence-corrected chi connectivity index (χ3v) is 2.96. The van der Waals surface area contributed by atoms with Crippen molar-refractivity contribution in [1.29, 1.82) is 0 Å². The minimum absolute atomic E-state index is 1.03. The first-order valence-electron chi connectivity index (χ1n) is 5.44. The first-order valence-corrected chi connectivity index (χ1v) is 6.77. The maximum Gasteiger partial charge on any atom is 0.399 e. The fourth-order valence-electron chi connectivity index (χ4n) is 1.16. The van der Waals surface area contributed by atoms with Crippen LogP contribution in [0, 0.1) is 0 Å². The van der Waals surface area contributed by atoms with Crippen molar-refractivity contribution in [2.24, 2.45) is 0 Å². The molecule has 0 unspecified atom stereocenters. The van der Waals surface area contributed by atoms with Gasteiger partial charge in [-0.25, -0.2) is 0 Å². The lowest BCUT2D eigenvalue weighted by Gasteiger charge is -2.17. The normalized spacial score (nSPS) is 14.8. The zero-order valence-corrected chi connectivity index (χ0v) is 11.7. The Bertz CT molecular complexity index is 306. The van der Waals surface area contributed by atoms with Gasteiger partial charge in [0.1, 0.15) is 0 Å². The number of nitrogens with zero attached hydrogens (tertiary/aromatic N) is 2. The van der Waals surface area contributed by atoms with Gasteiger partial charge in [0.15, 0.2) is 0 Å². The molecule has 0 fully saturated rings.